The average molecular weight is 392 g/mol. The first-order valence-corrected chi connectivity index (χ1v) is 7.49. The molecule has 0 fully saturated rings. The number of rotatable bonds is 4. The lowest BCUT2D eigenvalue weighted by atomic mass is 9.88. The van der Waals surface area contributed by atoms with Crippen LogP contribution < -0.4 is 0 Å². The second kappa shape index (κ2) is 7.87. The van der Waals surface area contributed by atoms with Gasteiger partial charge in [0, 0.05) is 23.0 Å². The first-order chi connectivity index (χ1) is 11.3. The fourth-order valence-corrected chi connectivity index (χ4v) is 1.92. The van der Waals surface area contributed by atoms with Crippen molar-refractivity contribution in [3.8, 4) is 0 Å². The Labute approximate surface area is 147 Å². The molecule has 4 nitrogen and oxygen atoms in total. The van der Waals surface area contributed by atoms with Gasteiger partial charge in [-0.2, -0.15) is 26.3 Å². The van der Waals surface area contributed by atoms with Crippen LogP contribution in [-0.4, -0.2) is 36.5 Å². The van der Waals surface area contributed by atoms with E-state index in [1.165, 1.54) is 41.5 Å². The molecule has 0 radical (unpaired) electrons. The number of ether oxygens (including phenoxy) is 2. The van der Waals surface area contributed by atoms with Crippen molar-refractivity contribution in [2.75, 3.05) is 0 Å². The summed E-state index contributed by atoms with van der Waals surface area (Å²) in [6.45, 7) is 7.13. The second-order valence-electron chi connectivity index (χ2n) is 7.78. The van der Waals surface area contributed by atoms with Crippen LogP contribution in [0.1, 0.15) is 41.5 Å². The molecule has 0 amide bonds. The number of carbonyl (C=O) groups is 2. The van der Waals surface area contributed by atoms with Gasteiger partial charge in [0.1, 0.15) is 0 Å². The molecule has 0 aromatic rings. The normalized spacial score (nSPS) is 16.3. The van der Waals surface area contributed by atoms with Crippen LogP contribution in [0.4, 0.5) is 26.3 Å². The van der Waals surface area contributed by atoms with Gasteiger partial charge in [0.15, 0.2) is 0 Å². The van der Waals surface area contributed by atoms with Crippen molar-refractivity contribution in [1.29, 1.82) is 0 Å². The molecule has 0 rings (SSSR count). The summed E-state index contributed by atoms with van der Waals surface area (Å²) < 4.78 is 85.9. The summed E-state index contributed by atoms with van der Waals surface area (Å²) in [6, 6.07) is 0. The first kappa shape index (κ1) is 24.3. The molecule has 0 saturated heterocycles. The highest BCUT2D eigenvalue weighted by Gasteiger charge is 2.50. The predicted octanol–water partition coefficient (Wildman–Crippen LogP) is 4.58. The number of halogens is 6. The molecule has 0 aliphatic rings. The van der Waals surface area contributed by atoms with Gasteiger partial charge < -0.3 is 9.47 Å². The van der Waals surface area contributed by atoms with Crippen LogP contribution >= 0.6 is 0 Å². The SMILES string of the molecule is CC(C)(C)C(OC(=O)/C=C/C(=O)OC(C(C)(C)C)C(F)(F)F)C(F)(F)F. The highest BCUT2D eigenvalue weighted by Crippen LogP contribution is 2.37. The van der Waals surface area contributed by atoms with Gasteiger partial charge in [0.05, 0.1) is 0 Å². The maximum absolute atomic E-state index is 12.9. The Morgan fingerprint density at radius 2 is 0.885 bits per heavy atom. The van der Waals surface area contributed by atoms with Crippen LogP contribution in [0.25, 0.3) is 0 Å². The zero-order valence-electron chi connectivity index (χ0n) is 15.2. The van der Waals surface area contributed by atoms with E-state index in [1.807, 2.05) is 0 Å². The highest BCUT2D eigenvalue weighted by molar-refractivity contribution is 5.91. The summed E-state index contributed by atoms with van der Waals surface area (Å²) in [7, 11) is 0. The third-order valence-corrected chi connectivity index (χ3v) is 2.99. The summed E-state index contributed by atoms with van der Waals surface area (Å²) in [5, 5.41) is 0. The van der Waals surface area contributed by atoms with E-state index in [-0.39, 0.29) is 0 Å². The van der Waals surface area contributed by atoms with Gasteiger partial charge >= 0.3 is 24.3 Å². The molecule has 2 atom stereocenters. The van der Waals surface area contributed by atoms with Crippen molar-refractivity contribution in [3.05, 3.63) is 12.2 Å². The molecule has 152 valence electrons. The third kappa shape index (κ3) is 8.09. The Balaban J connectivity index is 5.10. The number of esters is 2. The number of alkyl halides is 6. The zero-order chi connectivity index (χ0) is 21.1. The fourth-order valence-electron chi connectivity index (χ4n) is 1.92. The fraction of sp³-hybridized carbons (Fsp3) is 0.750. The standard InChI is InChI=1S/C16H22F6O4/c1-13(2,3)11(15(17,18)19)25-9(23)7-8-10(24)26-12(14(4,5)6)16(20,21)22/h7-8,11-12H,1-6H3/b8-7+. The third-order valence-electron chi connectivity index (χ3n) is 2.99. The smallest absolute Gasteiger partial charge is 0.426 e. The van der Waals surface area contributed by atoms with E-state index in [9.17, 15) is 35.9 Å². The lowest BCUT2D eigenvalue weighted by Crippen LogP contribution is -2.44. The molecule has 0 N–H and O–H groups in total. The van der Waals surface area contributed by atoms with Gasteiger partial charge in [0.2, 0.25) is 12.2 Å². The molecule has 0 aliphatic carbocycles. The van der Waals surface area contributed by atoms with Gasteiger partial charge in [-0.05, 0) is 0 Å². The largest absolute Gasteiger partial charge is 0.449 e. The summed E-state index contributed by atoms with van der Waals surface area (Å²) in [5.74, 6) is -3.06. The molecule has 0 heterocycles. The van der Waals surface area contributed by atoms with E-state index in [0.717, 1.165) is 0 Å². The summed E-state index contributed by atoms with van der Waals surface area (Å²) in [6.07, 6.45) is -14.0. The van der Waals surface area contributed by atoms with Crippen LogP contribution in [0.3, 0.4) is 0 Å². The van der Waals surface area contributed by atoms with E-state index >= 15 is 0 Å². The Morgan fingerprint density at radius 1 is 0.654 bits per heavy atom. The Hall–Kier alpha value is -1.74. The van der Waals surface area contributed by atoms with Gasteiger partial charge in [-0.25, -0.2) is 9.59 Å². The van der Waals surface area contributed by atoms with Crippen molar-refractivity contribution in [3.63, 3.8) is 0 Å². The first-order valence-electron chi connectivity index (χ1n) is 7.49. The van der Waals surface area contributed by atoms with E-state index in [4.69, 9.17) is 0 Å². The van der Waals surface area contributed by atoms with E-state index in [2.05, 4.69) is 9.47 Å². The van der Waals surface area contributed by atoms with Crippen molar-refractivity contribution >= 4 is 11.9 Å². The molecule has 0 aliphatic heterocycles. The molecule has 0 spiro atoms. The molecule has 10 heteroatoms. The van der Waals surface area contributed by atoms with E-state index in [1.54, 1.807) is 0 Å². The Bertz CT molecular complexity index is 459. The van der Waals surface area contributed by atoms with Gasteiger partial charge in [-0.15, -0.1) is 0 Å². The van der Waals surface area contributed by atoms with Gasteiger partial charge in [-0.1, -0.05) is 41.5 Å². The number of hydrogen-bond acceptors (Lipinski definition) is 4. The van der Waals surface area contributed by atoms with Crippen molar-refractivity contribution in [2.45, 2.75) is 66.1 Å². The predicted molar refractivity (Wildman–Crippen MR) is 79.9 cm³/mol. The average Bonchev–Trinajstić information content (AvgIpc) is 2.34. The van der Waals surface area contributed by atoms with Crippen molar-refractivity contribution in [1.82, 2.24) is 0 Å². The molecular formula is C16H22F6O4. The van der Waals surface area contributed by atoms with Crippen molar-refractivity contribution < 1.29 is 45.4 Å². The van der Waals surface area contributed by atoms with Gasteiger partial charge in [-0.3, -0.25) is 0 Å². The minimum Gasteiger partial charge on any atom is -0.449 e. The van der Waals surface area contributed by atoms with Crippen LogP contribution in [0, 0.1) is 10.8 Å². The monoisotopic (exact) mass is 392 g/mol. The summed E-state index contributed by atoms with van der Waals surface area (Å²) in [4.78, 5) is 23.0. The van der Waals surface area contributed by atoms with Crippen LogP contribution in [0.15, 0.2) is 12.2 Å². The van der Waals surface area contributed by atoms with Crippen molar-refractivity contribution in [2.24, 2.45) is 10.8 Å². The highest BCUT2D eigenvalue weighted by atomic mass is 19.4. The minimum absolute atomic E-state index is 0.295. The molecule has 0 bridgehead atoms. The molecule has 0 aromatic carbocycles. The van der Waals surface area contributed by atoms with E-state index in [0.29, 0.717) is 12.2 Å². The lowest BCUT2D eigenvalue weighted by Gasteiger charge is -2.31. The molecule has 2 unspecified atom stereocenters. The lowest BCUT2D eigenvalue weighted by molar-refractivity contribution is -0.243. The summed E-state index contributed by atoms with van der Waals surface area (Å²) >= 11 is 0. The quantitative estimate of drug-likeness (QED) is 0.399. The molecule has 0 saturated carbocycles. The van der Waals surface area contributed by atoms with Crippen LogP contribution in [-0.2, 0) is 19.1 Å². The Kier molecular flexibility index (Phi) is 7.35. The second-order valence-corrected chi connectivity index (χ2v) is 7.78. The topological polar surface area (TPSA) is 52.6 Å². The van der Waals surface area contributed by atoms with Crippen LogP contribution in [0.2, 0.25) is 0 Å². The zero-order valence-corrected chi connectivity index (χ0v) is 15.2. The minimum atomic E-state index is -4.85. The molecule has 26 heavy (non-hydrogen) atoms. The summed E-state index contributed by atoms with van der Waals surface area (Å²) in [5.41, 5.74) is -2.95. The molecule has 0 aromatic heterocycles. The number of carbonyl (C=O) groups excluding carboxylic acids is 2. The maximum atomic E-state index is 12.9. The van der Waals surface area contributed by atoms with Crippen LogP contribution in [0.5, 0.6) is 0 Å². The number of hydrogen-bond donors (Lipinski definition) is 0. The molecular weight excluding hydrogens is 370 g/mol. The van der Waals surface area contributed by atoms with E-state index < -0.39 is 47.3 Å². The van der Waals surface area contributed by atoms with Gasteiger partial charge in [0.25, 0.3) is 0 Å². The maximum Gasteiger partial charge on any atom is 0.426 e. The Morgan fingerprint density at radius 3 is 1.04 bits per heavy atom.